The summed E-state index contributed by atoms with van der Waals surface area (Å²) in [5.74, 6) is 1.26. The fourth-order valence-corrected chi connectivity index (χ4v) is 3.55. The Labute approximate surface area is 83.6 Å². The Morgan fingerprint density at radius 3 is 2.77 bits per heavy atom. The van der Waals surface area contributed by atoms with Gasteiger partial charge in [-0.15, -0.1) is 0 Å². The van der Waals surface area contributed by atoms with Crippen LogP contribution in [-0.2, 0) is 0 Å². The summed E-state index contributed by atoms with van der Waals surface area (Å²) in [6, 6.07) is 0.673. The highest BCUT2D eigenvalue weighted by Crippen LogP contribution is 2.38. The summed E-state index contributed by atoms with van der Waals surface area (Å²) in [7, 11) is 0. The van der Waals surface area contributed by atoms with Crippen molar-refractivity contribution in [2.45, 2.75) is 50.1 Å². The van der Waals surface area contributed by atoms with E-state index in [2.05, 4.69) is 10.3 Å². The molecule has 1 N–H and O–H groups in total. The van der Waals surface area contributed by atoms with Crippen molar-refractivity contribution in [3.63, 3.8) is 0 Å². The summed E-state index contributed by atoms with van der Waals surface area (Å²) in [5, 5.41) is 4.89. The molecule has 2 saturated carbocycles. The number of thioether (sulfide) groups is 1. The molecule has 0 bridgehead atoms. The minimum atomic E-state index is 0.457. The van der Waals surface area contributed by atoms with Gasteiger partial charge in [0.05, 0.1) is 6.04 Å². The Morgan fingerprint density at radius 2 is 2.08 bits per heavy atom. The minimum absolute atomic E-state index is 0.457. The van der Waals surface area contributed by atoms with E-state index in [0.29, 0.717) is 11.6 Å². The first kappa shape index (κ1) is 8.16. The molecule has 0 aromatic rings. The molecule has 13 heavy (non-hydrogen) atoms. The molecule has 3 fully saturated rings. The molecule has 0 amide bonds. The third kappa shape index (κ3) is 1.58. The molecule has 0 aromatic heterocycles. The number of hydrogen-bond acceptors (Lipinski definition) is 2. The van der Waals surface area contributed by atoms with Gasteiger partial charge in [-0.1, -0.05) is 24.6 Å². The van der Waals surface area contributed by atoms with Crippen LogP contribution in [0.1, 0.15) is 38.5 Å². The molecule has 72 valence electrons. The van der Waals surface area contributed by atoms with Gasteiger partial charge in [0.25, 0.3) is 0 Å². The van der Waals surface area contributed by atoms with E-state index < -0.39 is 0 Å². The van der Waals surface area contributed by atoms with E-state index in [1.54, 1.807) is 0 Å². The third-order valence-electron chi connectivity index (χ3n) is 3.26. The molecule has 2 aliphatic carbocycles. The zero-order valence-electron chi connectivity index (χ0n) is 7.88. The van der Waals surface area contributed by atoms with Crippen molar-refractivity contribution < 1.29 is 0 Å². The van der Waals surface area contributed by atoms with Crippen LogP contribution < -0.4 is 5.32 Å². The molecule has 1 aliphatic heterocycles. The largest absolute Gasteiger partial charge is 0.359 e. The molecule has 0 aromatic carbocycles. The number of rotatable bonds is 1. The topological polar surface area (TPSA) is 24.4 Å². The van der Waals surface area contributed by atoms with E-state index >= 15 is 0 Å². The van der Waals surface area contributed by atoms with Crippen LogP contribution in [0.4, 0.5) is 0 Å². The summed E-state index contributed by atoms with van der Waals surface area (Å²) in [4.78, 5) is 4.67. The molecule has 3 rings (SSSR count). The monoisotopic (exact) mass is 196 g/mol. The molecule has 3 aliphatic rings. The predicted octanol–water partition coefficient (Wildman–Crippen LogP) is 2.15. The fourth-order valence-electron chi connectivity index (χ4n) is 2.27. The highest BCUT2D eigenvalue weighted by atomic mass is 32.2. The third-order valence-corrected chi connectivity index (χ3v) is 4.44. The first-order valence-electron chi connectivity index (χ1n) is 5.35. The van der Waals surface area contributed by atoms with Gasteiger partial charge in [0.2, 0.25) is 0 Å². The van der Waals surface area contributed by atoms with Crippen LogP contribution in [0, 0.1) is 0 Å². The van der Waals surface area contributed by atoms with Gasteiger partial charge >= 0.3 is 0 Å². The van der Waals surface area contributed by atoms with Crippen LogP contribution in [0.15, 0.2) is 4.99 Å². The molecule has 1 heterocycles. The Balaban J connectivity index is 1.69. The lowest BCUT2D eigenvalue weighted by Crippen LogP contribution is -2.40. The van der Waals surface area contributed by atoms with Gasteiger partial charge < -0.3 is 5.32 Å². The van der Waals surface area contributed by atoms with E-state index in [4.69, 9.17) is 0 Å². The van der Waals surface area contributed by atoms with E-state index in [0.717, 1.165) is 0 Å². The van der Waals surface area contributed by atoms with Crippen LogP contribution in [0.5, 0.6) is 0 Å². The molecule has 1 saturated heterocycles. The maximum Gasteiger partial charge on any atom is 0.157 e. The second-order valence-corrected chi connectivity index (χ2v) is 5.53. The van der Waals surface area contributed by atoms with Crippen LogP contribution >= 0.6 is 11.8 Å². The Bertz CT molecular complexity index is 239. The minimum Gasteiger partial charge on any atom is -0.359 e. The van der Waals surface area contributed by atoms with Crippen LogP contribution in [0.25, 0.3) is 0 Å². The van der Waals surface area contributed by atoms with Gasteiger partial charge in [-0.25, -0.2) is 0 Å². The fraction of sp³-hybridized carbons (Fsp3) is 0.900. The van der Waals surface area contributed by atoms with Crippen molar-refractivity contribution in [2.24, 2.45) is 4.99 Å². The molecule has 0 radical (unpaired) electrons. The Kier molecular flexibility index (Phi) is 1.82. The number of nitrogens with zero attached hydrogens (tertiary/aromatic N) is 1. The van der Waals surface area contributed by atoms with Crippen LogP contribution in [0.3, 0.4) is 0 Å². The molecule has 3 heteroatoms. The number of nitrogens with one attached hydrogen (secondary N) is 1. The summed E-state index contributed by atoms with van der Waals surface area (Å²) in [6.45, 7) is 0. The van der Waals surface area contributed by atoms with E-state index in [1.165, 1.54) is 49.4 Å². The van der Waals surface area contributed by atoms with Crippen molar-refractivity contribution in [2.75, 3.05) is 5.75 Å². The SMILES string of the molecule is C1CCC2(C1)CSC(=NC1CC1)N2. The molecule has 0 atom stereocenters. The van der Waals surface area contributed by atoms with Crippen LogP contribution in [0.2, 0.25) is 0 Å². The maximum absolute atomic E-state index is 4.67. The van der Waals surface area contributed by atoms with E-state index in [1.807, 2.05) is 11.8 Å². The predicted molar refractivity (Wildman–Crippen MR) is 57.2 cm³/mol. The summed E-state index contributed by atoms with van der Waals surface area (Å²) in [5.41, 5.74) is 0.457. The lowest BCUT2D eigenvalue weighted by Gasteiger charge is -2.21. The van der Waals surface area contributed by atoms with E-state index in [9.17, 15) is 0 Å². The lowest BCUT2D eigenvalue weighted by molar-refractivity contribution is 0.452. The first-order valence-corrected chi connectivity index (χ1v) is 6.34. The average molecular weight is 196 g/mol. The first-order chi connectivity index (χ1) is 6.36. The zero-order chi connectivity index (χ0) is 8.73. The maximum atomic E-state index is 4.67. The van der Waals surface area contributed by atoms with Crippen molar-refractivity contribution >= 4 is 16.9 Å². The molecule has 2 nitrogen and oxygen atoms in total. The van der Waals surface area contributed by atoms with Crippen molar-refractivity contribution in [1.29, 1.82) is 0 Å². The Hall–Kier alpha value is -0.180. The average Bonchev–Trinajstić information content (AvgIpc) is 2.69. The number of amidine groups is 1. The van der Waals surface area contributed by atoms with Gasteiger partial charge in [-0.2, -0.15) is 0 Å². The second kappa shape index (κ2) is 2.91. The highest BCUT2D eigenvalue weighted by molar-refractivity contribution is 8.14. The van der Waals surface area contributed by atoms with Gasteiger partial charge in [-0.05, 0) is 25.7 Å². The van der Waals surface area contributed by atoms with Gasteiger partial charge in [0, 0.05) is 11.3 Å². The number of aliphatic imine (C=N–C) groups is 1. The Morgan fingerprint density at radius 1 is 1.31 bits per heavy atom. The summed E-state index contributed by atoms with van der Waals surface area (Å²) >= 11 is 1.95. The lowest BCUT2D eigenvalue weighted by atomic mass is 10.0. The van der Waals surface area contributed by atoms with Crippen molar-refractivity contribution in [1.82, 2.24) is 5.32 Å². The zero-order valence-corrected chi connectivity index (χ0v) is 8.70. The normalized spacial score (nSPS) is 34.3. The van der Waals surface area contributed by atoms with Gasteiger partial charge in [0.15, 0.2) is 5.17 Å². The quantitative estimate of drug-likeness (QED) is 0.695. The van der Waals surface area contributed by atoms with Gasteiger partial charge in [-0.3, -0.25) is 4.99 Å². The summed E-state index contributed by atoms with van der Waals surface area (Å²) in [6.07, 6.45) is 8.18. The standard InChI is InChI=1S/C10H16N2S/c1-2-6-10(5-1)7-13-9(12-10)11-8-3-4-8/h8H,1-7H2,(H,11,12). The van der Waals surface area contributed by atoms with Crippen molar-refractivity contribution in [3.05, 3.63) is 0 Å². The molecular weight excluding hydrogens is 180 g/mol. The molecule has 0 unspecified atom stereocenters. The molecular formula is C10H16N2S. The van der Waals surface area contributed by atoms with Gasteiger partial charge in [0.1, 0.15) is 0 Å². The van der Waals surface area contributed by atoms with Crippen molar-refractivity contribution in [3.8, 4) is 0 Å². The van der Waals surface area contributed by atoms with Crippen LogP contribution in [-0.4, -0.2) is 22.5 Å². The summed E-state index contributed by atoms with van der Waals surface area (Å²) < 4.78 is 0. The number of hydrogen-bond donors (Lipinski definition) is 1. The smallest absolute Gasteiger partial charge is 0.157 e. The second-order valence-electron chi connectivity index (χ2n) is 4.57. The van der Waals surface area contributed by atoms with E-state index in [-0.39, 0.29) is 0 Å². The molecule has 1 spiro atoms. The highest BCUT2D eigenvalue weighted by Gasteiger charge is 2.40.